The molecule has 0 spiro atoms. The van der Waals surface area contributed by atoms with Crippen LogP contribution in [0.4, 0.5) is 4.79 Å². The molecule has 0 heterocycles. The molecule has 1 aromatic rings. The van der Waals surface area contributed by atoms with E-state index in [2.05, 4.69) is 15.4 Å². The molecule has 0 aliphatic carbocycles. The summed E-state index contributed by atoms with van der Waals surface area (Å²) in [6, 6.07) is 8.81. The zero-order chi connectivity index (χ0) is 19.2. The third kappa shape index (κ3) is 9.03. The highest BCUT2D eigenvalue weighted by molar-refractivity contribution is 5.77. The van der Waals surface area contributed by atoms with Crippen molar-refractivity contribution in [2.24, 2.45) is 0 Å². The highest BCUT2D eigenvalue weighted by Gasteiger charge is 2.19. The fourth-order valence-corrected chi connectivity index (χ4v) is 2.16. The Hall–Kier alpha value is -2.61. The summed E-state index contributed by atoms with van der Waals surface area (Å²) in [5.41, 5.74) is 0.917. The number of hydrogen-bond acceptors (Lipinski definition) is 7. The number of carbonyl (C=O) groups is 3. The van der Waals surface area contributed by atoms with E-state index in [1.807, 2.05) is 30.3 Å². The first-order valence-electron chi connectivity index (χ1n) is 8.39. The Labute approximate surface area is 153 Å². The van der Waals surface area contributed by atoms with Gasteiger partial charge in [0.15, 0.2) is 0 Å². The topological polar surface area (TPSA) is 103 Å². The van der Waals surface area contributed by atoms with Crippen molar-refractivity contribution in [3.8, 4) is 0 Å². The van der Waals surface area contributed by atoms with Crippen LogP contribution in [0.1, 0.15) is 24.8 Å². The SMILES string of the molecule is COC(=O)CNC(CCCCNC(=O)OCc1ccccc1)C(=O)OC. The zero-order valence-electron chi connectivity index (χ0n) is 15.2. The van der Waals surface area contributed by atoms with Crippen molar-refractivity contribution in [2.45, 2.75) is 31.9 Å². The maximum Gasteiger partial charge on any atom is 0.407 e. The number of carbonyl (C=O) groups excluding carboxylic acids is 3. The number of alkyl carbamates (subject to hydrolysis) is 1. The number of benzene rings is 1. The third-order valence-electron chi connectivity index (χ3n) is 3.61. The summed E-state index contributed by atoms with van der Waals surface area (Å²) in [7, 11) is 2.57. The molecule has 0 saturated heterocycles. The predicted octanol–water partition coefficient (Wildman–Crippen LogP) is 1.39. The monoisotopic (exact) mass is 366 g/mol. The van der Waals surface area contributed by atoms with E-state index in [1.165, 1.54) is 14.2 Å². The Morgan fingerprint density at radius 3 is 2.42 bits per heavy atom. The first kappa shape index (κ1) is 21.4. The minimum atomic E-state index is -0.593. The van der Waals surface area contributed by atoms with Crippen LogP contribution in [-0.2, 0) is 30.4 Å². The first-order chi connectivity index (χ1) is 12.6. The summed E-state index contributed by atoms with van der Waals surface area (Å²) in [6.07, 6.45) is 1.31. The number of esters is 2. The molecule has 0 bridgehead atoms. The van der Waals surface area contributed by atoms with Gasteiger partial charge in [-0.05, 0) is 24.8 Å². The second-order valence-corrected chi connectivity index (χ2v) is 5.52. The van der Waals surface area contributed by atoms with Crippen molar-refractivity contribution in [3.05, 3.63) is 35.9 Å². The summed E-state index contributed by atoms with van der Waals surface area (Å²) in [4.78, 5) is 34.4. The number of rotatable bonds is 11. The molecule has 1 rings (SSSR count). The Kier molecular flexibility index (Phi) is 10.5. The van der Waals surface area contributed by atoms with E-state index in [9.17, 15) is 14.4 Å². The zero-order valence-corrected chi connectivity index (χ0v) is 15.2. The van der Waals surface area contributed by atoms with Crippen LogP contribution in [0, 0.1) is 0 Å². The normalized spacial score (nSPS) is 11.3. The van der Waals surface area contributed by atoms with Gasteiger partial charge in [0.2, 0.25) is 0 Å². The van der Waals surface area contributed by atoms with Crippen molar-refractivity contribution < 1.29 is 28.6 Å². The van der Waals surface area contributed by atoms with Gasteiger partial charge < -0.3 is 19.5 Å². The Bertz CT molecular complexity index is 564. The van der Waals surface area contributed by atoms with Crippen LogP contribution in [0.2, 0.25) is 0 Å². The molecule has 0 aliphatic rings. The molecule has 2 N–H and O–H groups in total. The molecule has 1 aromatic carbocycles. The van der Waals surface area contributed by atoms with Crippen LogP contribution in [0.25, 0.3) is 0 Å². The molecular formula is C18H26N2O6. The van der Waals surface area contributed by atoms with Crippen molar-refractivity contribution in [3.63, 3.8) is 0 Å². The molecule has 1 atom stereocenters. The van der Waals surface area contributed by atoms with Crippen molar-refractivity contribution in [1.82, 2.24) is 10.6 Å². The average Bonchev–Trinajstić information content (AvgIpc) is 2.68. The van der Waals surface area contributed by atoms with Crippen molar-refractivity contribution in [2.75, 3.05) is 27.3 Å². The van der Waals surface area contributed by atoms with Gasteiger partial charge in [-0.3, -0.25) is 14.9 Å². The van der Waals surface area contributed by atoms with Crippen LogP contribution in [0.5, 0.6) is 0 Å². The maximum absolute atomic E-state index is 11.7. The second-order valence-electron chi connectivity index (χ2n) is 5.52. The van der Waals surface area contributed by atoms with E-state index < -0.39 is 24.1 Å². The van der Waals surface area contributed by atoms with Gasteiger partial charge in [-0.15, -0.1) is 0 Å². The highest BCUT2D eigenvalue weighted by atomic mass is 16.5. The van der Waals surface area contributed by atoms with Crippen LogP contribution in [0.3, 0.4) is 0 Å². The second kappa shape index (κ2) is 12.7. The minimum Gasteiger partial charge on any atom is -0.468 e. The Balaban J connectivity index is 2.18. The average molecular weight is 366 g/mol. The molecular weight excluding hydrogens is 340 g/mol. The summed E-state index contributed by atoms with van der Waals surface area (Å²) in [5.74, 6) is -0.897. The maximum atomic E-state index is 11.7. The Morgan fingerprint density at radius 2 is 1.77 bits per heavy atom. The van der Waals surface area contributed by atoms with Crippen molar-refractivity contribution >= 4 is 18.0 Å². The summed E-state index contributed by atoms with van der Waals surface area (Å²) < 4.78 is 14.3. The van der Waals surface area contributed by atoms with Gasteiger partial charge >= 0.3 is 18.0 Å². The lowest BCUT2D eigenvalue weighted by molar-refractivity contribution is -0.144. The van der Waals surface area contributed by atoms with Crippen LogP contribution >= 0.6 is 0 Å². The van der Waals surface area contributed by atoms with Crippen LogP contribution < -0.4 is 10.6 Å². The number of unbranched alkanes of at least 4 members (excludes halogenated alkanes) is 1. The molecule has 8 nitrogen and oxygen atoms in total. The van der Waals surface area contributed by atoms with E-state index in [4.69, 9.17) is 9.47 Å². The van der Waals surface area contributed by atoms with Gasteiger partial charge in [0.05, 0.1) is 20.8 Å². The lowest BCUT2D eigenvalue weighted by Gasteiger charge is -2.15. The molecule has 1 unspecified atom stereocenters. The van der Waals surface area contributed by atoms with E-state index in [1.54, 1.807) is 0 Å². The first-order valence-corrected chi connectivity index (χ1v) is 8.39. The predicted molar refractivity (Wildman–Crippen MR) is 94.3 cm³/mol. The van der Waals surface area contributed by atoms with Crippen molar-refractivity contribution in [1.29, 1.82) is 0 Å². The molecule has 144 valence electrons. The van der Waals surface area contributed by atoms with E-state index in [0.29, 0.717) is 25.8 Å². The summed E-state index contributed by atoms with van der Waals surface area (Å²) >= 11 is 0. The van der Waals surface area contributed by atoms with Crippen LogP contribution in [0.15, 0.2) is 30.3 Å². The van der Waals surface area contributed by atoms with Gasteiger partial charge in [-0.25, -0.2) is 4.79 Å². The van der Waals surface area contributed by atoms with E-state index in [0.717, 1.165) is 5.56 Å². The molecule has 1 amide bonds. The number of amides is 1. The number of hydrogen-bond donors (Lipinski definition) is 2. The minimum absolute atomic E-state index is 0.0691. The molecule has 0 saturated carbocycles. The third-order valence-corrected chi connectivity index (χ3v) is 3.61. The molecule has 0 fully saturated rings. The van der Waals surface area contributed by atoms with Gasteiger partial charge in [0.25, 0.3) is 0 Å². The summed E-state index contributed by atoms with van der Waals surface area (Å²) in [5, 5.41) is 5.46. The van der Waals surface area contributed by atoms with Gasteiger partial charge in [0, 0.05) is 6.54 Å². The Morgan fingerprint density at radius 1 is 1.04 bits per heavy atom. The smallest absolute Gasteiger partial charge is 0.407 e. The van der Waals surface area contributed by atoms with E-state index >= 15 is 0 Å². The fourth-order valence-electron chi connectivity index (χ4n) is 2.16. The standard InChI is InChI=1S/C18H26N2O6/c1-24-16(21)12-20-15(17(22)25-2)10-6-7-11-19-18(23)26-13-14-8-4-3-5-9-14/h3-5,8-9,15,20H,6-7,10-13H2,1-2H3,(H,19,23). The largest absolute Gasteiger partial charge is 0.468 e. The molecule has 0 radical (unpaired) electrons. The lowest BCUT2D eigenvalue weighted by atomic mass is 10.1. The van der Waals surface area contributed by atoms with Gasteiger partial charge in [-0.2, -0.15) is 0 Å². The fraction of sp³-hybridized carbons (Fsp3) is 0.500. The number of nitrogens with one attached hydrogen (secondary N) is 2. The van der Waals surface area contributed by atoms with E-state index in [-0.39, 0.29) is 13.2 Å². The van der Waals surface area contributed by atoms with Crippen LogP contribution in [-0.4, -0.2) is 51.4 Å². The number of ether oxygens (including phenoxy) is 3. The molecule has 8 heteroatoms. The van der Waals surface area contributed by atoms with Gasteiger partial charge in [-0.1, -0.05) is 30.3 Å². The molecule has 0 aliphatic heterocycles. The lowest BCUT2D eigenvalue weighted by Crippen LogP contribution is -2.40. The summed E-state index contributed by atoms with van der Waals surface area (Å²) in [6.45, 7) is 0.577. The quantitative estimate of drug-likeness (QED) is 0.346. The number of methoxy groups -OCH3 is 2. The molecule has 0 aromatic heterocycles. The molecule has 26 heavy (non-hydrogen) atoms. The van der Waals surface area contributed by atoms with Gasteiger partial charge in [0.1, 0.15) is 12.6 Å². The highest BCUT2D eigenvalue weighted by Crippen LogP contribution is 2.03.